The molecule has 0 saturated carbocycles. The number of nitrogens with one attached hydrogen (secondary N) is 1. The van der Waals surface area contributed by atoms with Crippen molar-refractivity contribution in [2.75, 3.05) is 20.3 Å². The Morgan fingerprint density at radius 3 is 2.59 bits per heavy atom. The summed E-state index contributed by atoms with van der Waals surface area (Å²) >= 11 is 3.34. The number of pyridine rings is 1. The maximum absolute atomic E-state index is 12.0. The van der Waals surface area contributed by atoms with Gasteiger partial charge in [0, 0.05) is 36.0 Å². The topological polar surface area (TPSA) is 60.5 Å². The minimum absolute atomic E-state index is 0.118. The fourth-order valence-corrected chi connectivity index (χ4v) is 1.98. The predicted molar refractivity (Wildman–Crippen MR) is 86.9 cm³/mol. The van der Waals surface area contributed by atoms with E-state index in [2.05, 4.69) is 26.2 Å². The molecule has 0 aliphatic carbocycles. The molecular weight excluding hydrogens is 348 g/mol. The quantitative estimate of drug-likeness (QED) is 0.767. The molecule has 116 valence electrons. The van der Waals surface area contributed by atoms with E-state index in [1.165, 1.54) is 0 Å². The van der Waals surface area contributed by atoms with Crippen LogP contribution in [-0.2, 0) is 11.3 Å². The predicted octanol–water partition coefficient (Wildman–Crippen LogP) is 2.80. The second-order valence-corrected chi connectivity index (χ2v) is 5.45. The normalized spacial score (nSPS) is 10.3. The lowest BCUT2D eigenvalue weighted by Crippen LogP contribution is -2.22. The fourth-order valence-electron chi connectivity index (χ4n) is 1.72. The number of nitrogens with zero attached hydrogens (tertiary/aromatic N) is 1. The van der Waals surface area contributed by atoms with Crippen LogP contribution in [0.3, 0.4) is 0 Å². The number of rotatable bonds is 7. The van der Waals surface area contributed by atoms with Gasteiger partial charge in [0.15, 0.2) is 0 Å². The fraction of sp³-hybridized carbons (Fsp3) is 0.250. The molecule has 0 saturated heterocycles. The lowest BCUT2D eigenvalue weighted by Gasteiger charge is -2.07. The maximum Gasteiger partial charge on any atom is 0.251 e. The van der Waals surface area contributed by atoms with Crippen LogP contribution in [0.2, 0.25) is 0 Å². The molecule has 6 heteroatoms. The number of benzene rings is 1. The monoisotopic (exact) mass is 364 g/mol. The van der Waals surface area contributed by atoms with E-state index in [1.807, 2.05) is 18.2 Å². The Balaban J connectivity index is 1.83. The van der Waals surface area contributed by atoms with Gasteiger partial charge in [-0.1, -0.05) is 22.0 Å². The zero-order valence-electron chi connectivity index (χ0n) is 12.2. The highest BCUT2D eigenvalue weighted by atomic mass is 79.9. The molecule has 0 bridgehead atoms. The van der Waals surface area contributed by atoms with Crippen molar-refractivity contribution in [2.45, 2.75) is 6.54 Å². The summed E-state index contributed by atoms with van der Waals surface area (Å²) in [6.45, 7) is 1.40. The van der Waals surface area contributed by atoms with Crippen LogP contribution >= 0.6 is 15.9 Å². The van der Waals surface area contributed by atoms with Gasteiger partial charge in [-0.2, -0.15) is 0 Å². The van der Waals surface area contributed by atoms with E-state index < -0.39 is 0 Å². The minimum atomic E-state index is -0.118. The summed E-state index contributed by atoms with van der Waals surface area (Å²) < 4.78 is 11.2. The molecule has 1 amide bonds. The number of halogens is 1. The van der Waals surface area contributed by atoms with Crippen molar-refractivity contribution < 1.29 is 14.3 Å². The van der Waals surface area contributed by atoms with Crippen molar-refractivity contribution in [1.29, 1.82) is 0 Å². The van der Waals surface area contributed by atoms with Crippen LogP contribution in [0.25, 0.3) is 0 Å². The van der Waals surface area contributed by atoms with Gasteiger partial charge < -0.3 is 14.8 Å². The van der Waals surface area contributed by atoms with Crippen molar-refractivity contribution in [2.24, 2.45) is 0 Å². The summed E-state index contributed by atoms with van der Waals surface area (Å²) in [5.41, 5.74) is 1.53. The molecule has 1 N–H and O–H groups in total. The molecule has 2 aromatic rings. The summed E-state index contributed by atoms with van der Waals surface area (Å²) in [5.74, 6) is 0.424. The third kappa shape index (κ3) is 5.13. The maximum atomic E-state index is 12.0. The molecular formula is C16H17BrN2O3. The number of hydrogen-bond acceptors (Lipinski definition) is 4. The summed E-state index contributed by atoms with van der Waals surface area (Å²) in [4.78, 5) is 16.2. The van der Waals surface area contributed by atoms with Gasteiger partial charge in [0.25, 0.3) is 5.91 Å². The summed E-state index contributed by atoms with van der Waals surface area (Å²) in [7, 11) is 1.62. The van der Waals surface area contributed by atoms with Gasteiger partial charge in [-0.05, 0) is 29.8 Å². The number of hydrogen-bond donors (Lipinski definition) is 1. The van der Waals surface area contributed by atoms with Crippen molar-refractivity contribution >= 4 is 21.8 Å². The second kappa shape index (κ2) is 8.51. The van der Waals surface area contributed by atoms with Gasteiger partial charge in [-0.15, -0.1) is 0 Å². The van der Waals surface area contributed by atoms with Crippen LogP contribution in [0.1, 0.15) is 15.9 Å². The lowest BCUT2D eigenvalue weighted by atomic mass is 10.2. The van der Waals surface area contributed by atoms with Crippen LogP contribution in [0.15, 0.2) is 47.1 Å². The first-order valence-corrected chi connectivity index (χ1v) is 7.59. The first-order valence-electron chi connectivity index (χ1n) is 6.79. The number of carbonyl (C=O) groups is 1. The van der Waals surface area contributed by atoms with Crippen LogP contribution in [0.5, 0.6) is 5.88 Å². The van der Waals surface area contributed by atoms with E-state index in [0.717, 1.165) is 10.0 Å². The molecule has 0 radical (unpaired) electrons. The van der Waals surface area contributed by atoms with Gasteiger partial charge in [0.05, 0.1) is 6.61 Å². The summed E-state index contributed by atoms with van der Waals surface area (Å²) in [5, 5.41) is 2.85. The number of methoxy groups -OCH3 is 1. The molecule has 1 aromatic heterocycles. The average Bonchev–Trinajstić information content (AvgIpc) is 2.55. The highest BCUT2D eigenvalue weighted by Crippen LogP contribution is 2.11. The van der Waals surface area contributed by atoms with Crippen molar-refractivity contribution in [3.8, 4) is 5.88 Å². The van der Waals surface area contributed by atoms with E-state index >= 15 is 0 Å². The van der Waals surface area contributed by atoms with E-state index in [0.29, 0.717) is 31.2 Å². The van der Waals surface area contributed by atoms with Gasteiger partial charge in [-0.3, -0.25) is 4.79 Å². The number of carbonyl (C=O) groups excluding carboxylic acids is 1. The Morgan fingerprint density at radius 1 is 1.18 bits per heavy atom. The SMILES string of the molecule is COCCOc1ccc(CNC(=O)c2ccc(Br)cc2)cn1. The molecule has 0 atom stereocenters. The molecule has 1 heterocycles. The summed E-state index contributed by atoms with van der Waals surface area (Å²) in [6.07, 6.45) is 1.68. The van der Waals surface area contributed by atoms with Gasteiger partial charge in [0.2, 0.25) is 5.88 Å². The zero-order chi connectivity index (χ0) is 15.8. The minimum Gasteiger partial charge on any atom is -0.475 e. The Bertz CT molecular complexity index is 600. The average molecular weight is 365 g/mol. The van der Waals surface area contributed by atoms with Crippen LogP contribution in [0, 0.1) is 0 Å². The number of amides is 1. The Labute approximate surface area is 137 Å². The van der Waals surface area contributed by atoms with E-state index in [-0.39, 0.29) is 5.91 Å². The zero-order valence-corrected chi connectivity index (χ0v) is 13.8. The second-order valence-electron chi connectivity index (χ2n) is 4.54. The van der Waals surface area contributed by atoms with Crippen LogP contribution in [-0.4, -0.2) is 31.2 Å². The molecule has 0 fully saturated rings. The van der Waals surface area contributed by atoms with E-state index in [4.69, 9.17) is 9.47 Å². The van der Waals surface area contributed by atoms with Gasteiger partial charge in [0.1, 0.15) is 6.61 Å². The van der Waals surface area contributed by atoms with Gasteiger partial charge in [-0.25, -0.2) is 4.98 Å². The lowest BCUT2D eigenvalue weighted by molar-refractivity contribution is 0.0951. The van der Waals surface area contributed by atoms with Crippen LogP contribution in [0.4, 0.5) is 0 Å². The van der Waals surface area contributed by atoms with Gasteiger partial charge >= 0.3 is 0 Å². The third-order valence-corrected chi connectivity index (χ3v) is 3.42. The molecule has 0 aliphatic heterocycles. The third-order valence-electron chi connectivity index (χ3n) is 2.89. The van der Waals surface area contributed by atoms with Crippen LogP contribution < -0.4 is 10.1 Å². The Morgan fingerprint density at radius 2 is 1.95 bits per heavy atom. The molecule has 22 heavy (non-hydrogen) atoms. The molecule has 2 rings (SSSR count). The molecule has 0 spiro atoms. The molecule has 0 unspecified atom stereocenters. The summed E-state index contributed by atoms with van der Waals surface area (Å²) in [6, 6.07) is 10.9. The smallest absolute Gasteiger partial charge is 0.251 e. The Kier molecular flexibility index (Phi) is 6.36. The molecule has 0 aliphatic rings. The van der Waals surface area contributed by atoms with Crippen molar-refractivity contribution in [3.05, 3.63) is 58.2 Å². The van der Waals surface area contributed by atoms with E-state index in [1.54, 1.807) is 31.5 Å². The van der Waals surface area contributed by atoms with Crippen molar-refractivity contribution in [3.63, 3.8) is 0 Å². The van der Waals surface area contributed by atoms with Crippen molar-refractivity contribution in [1.82, 2.24) is 10.3 Å². The molecule has 1 aromatic carbocycles. The number of ether oxygens (including phenoxy) is 2. The highest BCUT2D eigenvalue weighted by Gasteiger charge is 2.05. The number of aromatic nitrogens is 1. The first kappa shape index (κ1) is 16.5. The Hall–Kier alpha value is -1.92. The largest absolute Gasteiger partial charge is 0.475 e. The first-order chi connectivity index (χ1) is 10.7. The standard InChI is InChI=1S/C16H17BrN2O3/c1-21-8-9-22-15-7-2-12(10-18-15)11-19-16(20)13-3-5-14(17)6-4-13/h2-7,10H,8-9,11H2,1H3,(H,19,20). The highest BCUT2D eigenvalue weighted by molar-refractivity contribution is 9.10. The molecule has 5 nitrogen and oxygen atoms in total. The van der Waals surface area contributed by atoms with E-state index in [9.17, 15) is 4.79 Å².